The second kappa shape index (κ2) is 8.16. The Kier molecular flexibility index (Phi) is 9.49. The second-order valence-corrected chi connectivity index (χ2v) is 4.65. The summed E-state index contributed by atoms with van der Waals surface area (Å²) in [4.78, 5) is 0. The van der Waals surface area contributed by atoms with Gasteiger partial charge in [-0.05, 0) is 19.3 Å². The third-order valence-corrected chi connectivity index (χ3v) is 1.44. The number of hydrogen-bond acceptors (Lipinski definition) is 3. The molecular formula is C8H21NO4S. The Hall–Kier alpha value is -0.170. The maximum Gasteiger partial charge on any atom is 0.394 e. The highest BCUT2D eigenvalue weighted by Gasteiger charge is 1.95. The van der Waals surface area contributed by atoms with E-state index >= 15 is 0 Å². The maximum absolute atomic E-state index is 8.74. The molecule has 0 saturated heterocycles. The van der Waals surface area contributed by atoms with Gasteiger partial charge in [0.05, 0.1) is 0 Å². The van der Waals surface area contributed by atoms with Gasteiger partial charge in [0.1, 0.15) is 0 Å². The van der Waals surface area contributed by atoms with Gasteiger partial charge in [-0.25, -0.2) is 0 Å². The predicted octanol–water partition coefficient (Wildman–Crippen LogP) is 1.51. The van der Waals surface area contributed by atoms with Gasteiger partial charge < -0.3 is 5.73 Å². The Bertz CT molecular complexity index is 195. The molecule has 0 radical (unpaired) electrons. The number of nitrogens with two attached hydrogens (primary N) is 1. The van der Waals surface area contributed by atoms with Crippen molar-refractivity contribution in [1.29, 1.82) is 0 Å². The molecule has 0 aliphatic carbocycles. The standard InChI is InChI=1S/C8H19N.H2O4S/c1-7(2)5-4-6-8(3)9;1-5(2,3)4/h7-8H,4-6,9H2,1-3H3;(H2,1,2,3,4). The molecule has 0 aliphatic rings. The molecular weight excluding hydrogens is 206 g/mol. The summed E-state index contributed by atoms with van der Waals surface area (Å²) >= 11 is 0. The van der Waals surface area contributed by atoms with Gasteiger partial charge >= 0.3 is 10.4 Å². The molecule has 1 atom stereocenters. The van der Waals surface area contributed by atoms with Crippen LogP contribution in [0.1, 0.15) is 40.0 Å². The van der Waals surface area contributed by atoms with Crippen molar-refractivity contribution in [3.05, 3.63) is 0 Å². The SMILES string of the molecule is CC(C)CCCC(C)N.O=S(=O)(O)O. The molecule has 0 amide bonds. The average molecular weight is 227 g/mol. The summed E-state index contributed by atoms with van der Waals surface area (Å²) < 4.78 is 31.6. The third-order valence-electron chi connectivity index (χ3n) is 1.44. The van der Waals surface area contributed by atoms with Crippen LogP contribution in [0.4, 0.5) is 0 Å². The lowest BCUT2D eigenvalue weighted by Crippen LogP contribution is -2.14. The van der Waals surface area contributed by atoms with Crippen molar-refractivity contribution in [2.24, 2.45) is 11.7 Å². The van der Waals surface area contributed by atoms with Crippen LogP contribution in [0.25, 0.3) is 0 Å². The summed E-state index contributed by atoms with van der Waals surface area (Å²) in [6.07, 6.45) is 3.79. The van der Waals surface area contributed by atoms with Crippen LogP contribution in [0.3, 0.4) is 0 Å². The van der Waals surface area contributed by atoms with E-state index in [1.807, 2.05) is 0 Å². The quantitative estimate of drug-likeness (QED) is 0.632. The first-order valence-electron chi connectivity index (χ1n) is 4.58. The van der Waals surface area contributed by atoms with Crippen LogP contribution in [-0.4, -0.2) is 23.6 Å². The minimum atomic E-state index is -4.67. The van der Waals surface area contributed by atoms with Crippen LogP contribution in [0, 0.1) is 5.92 Å². The third kappa shape index (κ3) is 40.8. The number of rotatable bonds is 4. The fraction of sp³-hybridized carbons (Fsp3) is 1.00. The molecule has 0 bridgehead atoms. The molecule has 0 aromatic rings. The fourth-order valence-corrected chi connectivity index (χ4v) is 0.848. The summed E-state index contributed by atoms with van der Waals surface area (Å²) in [6, 6.07) is 0.392. The highest BCUT2D eigenvalue weighted by Crippen LogP contribution is 2.06. The zero-order valence-corrected chi connectivity index (χ0v) is 9.79. The van der Waals surface area contributed by atoms with Gasteiger partial charge in [0.15, 0.2) is 0 Å². The highest BCUT2D eigenvalue weighted by molar-refractivity contribution is 7.79. The van der Waals surface area contributed by atoms with Crippen molar-refractivity contribution >= 4 is 10.4 Å². The lowest BCUT2D eigenvalue weighted by atomic mass is 10.0. The minimum absolute atomic E-state index is 0.392. The van der Waals surface area contributed by atoms with E-state index in [1.165, 1.54) is 19.3 Å². The first-order valence-corrected chi connectivity index (χ1v) is 5.98. The molecule has 14 heavy (non-hydrogen) atoms. The molecule has 0 saturated carbocycles. The summed E-state index contributed by atoms with van der Waals surface area (Å²) in [5.41, 5.74) is 5.58. The topological polar surface area (TPSA) is 101 Å². The van der Waals surface area contributed by atoms with E-state index < -0.39 is 10.4 Å². The molecule has 1 unspecified atom stereocenters. The molecule has 4 N–H and O–H groups in total. The van der Waals surface area contributed by atoms with Crippen LogP contribution in [0.5, 0.6) is 0 Å². The zero-order chi connectivity index (χ0) is 11.8. The normalized spacial score (nSPS) is 13.4. The van der Waals surface area contributed by atoms with E-state index in [9.17, 15) is 0 Å². The van der Waals surface area contributed by atoms with E-state index in [0.29, 0.717) is 6.04 Å². The van der Waals surface area contributed by atoms with Crippen LogP contribution >= 0.6 is 0 Å². The largest absolute Gasteiger partial charge is 0.394 e. The maximum atomic E-state index is 8.74. The first kappa shape index (κ1) is 16.3. The van der Waals surface area contributed by atoms with Crippen LogP contribution in [0.2, 0.25) is 0 Å². The molecule has 0 heterocycles. The first-order chi connectivity index (χ1) is 6.13. The minimum Gasteiger partial charge on any atom is -0.328 e. The van der Waals surface area contributed by atoms with Gasteiger partial charge in [-0.1, -0.05) is 26.7 Å². The molecule has 0 rings (SSSR count). The van der Waals surface area contributed by atoms with E-state index in [4.69, 9.17) is 23.3 Å². The molecule has 6 heteroatoms. The Morgan fingerprint density at radius 2 is 1.50 bits per heavy atom. The molecule has 88 valence electrons. The summed E-state index contributed by atoms with van der Waals surface area (Å²) in [7, 11) is -4.67. The Balaban J connectivity index is 0. The smallest absolute Gasteiger partial charge is 0.328 e. The van der Waals surface area contributed by atoms with Crippen molar-refractivity contribution < 1.29 is 17.5 Å². The summed E-state index contributed by atoms with van der Waals surface area (Å²) in [5.74, 6) is 0.837. The van der Waals surface area contributed by atoms with Crippen molar-refractivity contribution in [2.75, 3.05) is 0 Å². The Morgan fingerprint density at radius 1 is 1.14 bits per heavy atom. The molecule has 0 fully saturated rings. The van der Waals surface area contributed by atoms with Crippen molar-refractivity contribution in [1.82, 2.24) is 0 Å². The van der Waals surface area contributed by atoms with Gasteiger partial charge in [0, 0.05) is 6.04 Å². The molecule has 5 nitrogen and oxygen atoms in total. The van der Waals surface area contributed by atoms with Gasteiger partial charge in [0.2, 0.25) is 0 Å². The molecule has 0 aromatic carbocycles. The van der Waals surface area contributed by atoms with Gasteiger partial charge in [-0.3, -0.25) is 9.11 Å². The Morgan fingerprint density at radius 3 is 1.71 bits per heavy atom. The summed E-state index contributed by atoms with van der Waals surface area (Å²) in [5, 5.41) is 0. The van der Waals surface area contributed by atoms with Gasteiger partial charge in [-0.2, -0.15) is 8.42 Å². The van der Waals surface area contributed by atoms with Gasteiger partial charge in [-0.15, -0.1) is 0 Å². The van der Waals surface area contributed by atoms with Gasteiger partial charge in [0.25, 0.3) is 0 Å². The number of hydrogen-bond donors (Lipinski definition) is 3. The predicted molar refractivity (Wildman–Crippen MR) is 56.5 cm³/mol. The van der Waals surface area contributed by atoms with Crippen LogP contribution < -0.4 is 5.73 Å². The summed E-state index contributed by atoms with van der Waals surface area (Å²) in [6.45, 7) is 6.57. The monoisotopic (exact) mass is 227 g/mol. The fourth-order valence-electron chi connectivity index (χ4n) is 0.848. The Labute approximate surface area is 86.3 Å². The van der Waals surface area contributed by atoms with E-state index in [2.05, 4.69) is 20.8 Å². The van der Waals surface area contributed by atoms with Crippen LogP contribution in [-0.2, 0) is 10.4 Å². The molecule has 0 aliphatic heterocycles. The zero-order valence-electron chi connectivity index (χ0n) is 8.97. The van der Waals surface area contributed by atoms with Crippen molar-refractivity contribution in [3.8, 4) is 0 Å². The van der Waals surface area contributed by atoms with E-state index in [1.54, 1.807) is 0 Å². The van der Waals surface area contributed by atoms with Crippen molar-refractivity contribution in [3.63, 3.8) is 0 Å². The molecule has 0 spiro atoms. The highest BCUT2D eigenvalue weighted by atomic mass is 32.3. The lowest BCUT2D eigenvalue weighted by molar-refractivity contribution is 0.381. The second-order valence-electron chi connectivity index (χ2n) is 3.75. The van der Waals surface area contributed by atoms with Crippen LogP contribution in [0.15, 0.2) is 0 Å². The average Bonchev–Trinajstić information content (AvgIpc) is 1.80. The van der Waals surface area contributed by atoms with Crippen molar-refractivity contribution in [2.45, 2.75) is 46.1 Å². The van der Waals surface area contributed by atoms with E-state index in [0.717, 1.165) is 5.92 Å². The lowest BCUT2D eigenvalue weighted by Gasteiger charge is -2.05. The molecule has 0 aromatic heterocycles. The van der Waals surface area contributed by atoms with E-state index in [-0.39, 0.29) is 0 Å².